The molecule has 2 nitrogen and oxygen atoms in total. The van der Waals surface area contributed by atoms with Gasteiger partial charge in [-0.2, -0.15) is 5.26 Å². The molecule has 0 rings (SSSR count). The first-order valence-corrected chi connectivity index (χ1v) is 3.98. The molecule has 0 radical (unpaired) electrons. The van der Waals surface area contributed by atoms with Crippen LogP contribution in [0.1, 0.15) is 27.7 Å². The summed E-state index contributed by atoms with van der Waals surface area (Å²) in [4.78, 5) is 1.68. The van der Waals surface area contributed by atoms with Gasteiger partial charge >= 0.3 is 0 Å². The van der Waals surface area contributed by atoms with Crippen LogP contribution in [-0.4, -0.2) is 18.5 Å². The van der Waals surface area contributed by atoms with Crippen molar-refractivity contribution in [1.82, 2.24) is 4.90 Å². The minimum Gasteiger partial charge on any atom is -0.313 e. The number of hydrogen-bond acceptors (Lipinski definition) is 2. The van der Waals surface area contributed by atoms with E-state index >= 15 is 0 Å². The van der Waals surface area contributed by atoms with Gasteiger partial charge in [-0.15, -0.1) is 0 Å². The summed E-state index contributed by atoms with van der Waals surface area (Å²) in [6.07, 6.45) is 2.10. The Hall–Kier alpha value is -0.710. The van der Waals surface area contributed by atoms with Crippen LogP contribution in [0, 0.1) is 22.8 Å². The molecule has 0 amide bonds. The highest BCUT2D eigenvalue weighted by Crippen LogP contribution is 2.25. The van der Waals surface area contributed by atoms with Gasteiger partial charge in [0.05, 0.1) is 0 Å². The van der Waals surface area contributed by atoms with Crippen molar-refractivity contribution in [1.29, 1.82) is 5.26 Å². The Labute approximate surface area is 69.8 Å². The molecule has 1 unspecified atom stereocenters. The minimum absolute atomic E-state index is 0.297. The van der Waals surface area contributed by atoms with Gasteiger partial charge in [-0.1, -0.05) is 27.7 Å². The van der Waals surface area contributed by atoms with E-state index < -0.39 is 0 Å². The van der Waals surface area contributed by atoms with Gasteiger partial charge in [0, 0.05) is 13.6 Å². The van der Waals surface area contributed by atoms with E-state index in [4.69, 9.17) is 5.26 Å². The number of rotatable bonds is 2. The van der Waals surface area contributed by atoms with Gasteiger partial charge in [0.1, 0.15) is 0 Å². The van der Waals surface area contributed by atoms with E-state index in [1.165, 1.54) is 0 Å². The average Bonchev–Trinajstić information content (AvgIpc) is 1.85. The van der Waals surface area contributed by atoms with Crippen LogP contribution in [0.3, 0.4) is 0 Å². The minimum atomic E-state index is 0.297. The van der Waals surface area contributed by atoms with Crippen LogP contribution < -0.4 is 0 Å². The van der Waals surface area contributed by atoms with Crippen LogP contribution >= 0.6 is 0 Å². The quantitative estimate of drug-likeness (QED) is 0.450. The summed E-state index contributed by atoms with van der Waals surface area (Å²) < 4.78 is 0. The van der Waals surface area contributed by atoms with Gasteiger partial charge in [-0.05, 0) is 11.3 Å². The Kier molecular flexibility index (Phi) is 3.38. The van der Waals surface area contributed by atoms with Crippen LogP contribution in [0.15, 0.2) is 0 Å². The van der Waals surface area contributed by atoms with E-state index in [0.29, 0.717) is 11.3 Å². The maximum absolute atomic E-state index is 8.53. The first-order valence-electron chi connectivity index (χ1n) is 3.98. The fourth-order valence-corrected chi connectivity index (χ4v) is 0.725. The summed E-state index contributed by atoms with van der Waals surface area (Å²) in [6, 6.07) is 0. The Morgan fingerprint density at radius 1 is 1.45 bits per heavy atom. The van der Waals surface area contributed by atoms with Crippen LogP contribution in [0.25, 0.3) is 0 Å². The predicted octanol–water partition coefficient (Wildman–Crippen LogP) is 2.08. The average molecular weight is 154 g/mol. The molecular weight excluding hydrogens is 136 g/mol. The van der Waals surface area contributed by atoms with Crippen LogP contribution in [0.2, 0.25) is 0 Å². The van der Waals surface area contributed by atoms with Crippen molar-refractivity contribution in [3.8, 4) is 6.19 Å². The molecule has 0 spiro atoms. The second-order valence-electron chi connectivity index (χ2n) is 4.25. The van der Waals surface area contributed by atoms with Crippen molar-refractivity contribution in [3.63, 3.8) is 0 Å². The van der Waals surface area contributed by atoms with E-state index in [2.05, 4.69) is 33.9 Å². The summed E-state index contributed by atoms with van der Waals surface area (Å²) in [5, 5.41) is 8.53. The molecule has 11 heavy (non-hydrogen) atoms. The molecule has 0 aliphatic heterocycles. The second kappa shape index (κ2) is 3.61. The second-order valence-corrected chi connectivity index (χ2v) is 4.25. The largest absolute Gasteiger partial charge is 0.313 e. The number of nitriles is 1. The summed E-state index contributed by atoms with van der Waals surface area (Å²) in [7, 11) is 1.82. The van der Waals surface area contributed by atoms with Crippen molar-refractivity contribution >= 4 is 0 Å². The molecular formula is C9H18N2. The normalized spacial score (nSPS) is 13.8. The zero-order chi connectivity index (χ0) is 9.07. The molecule has 0 fully saturated rings. The zero-order valence-electron chi connectivity index (χ0n) is 8.18. The summed E-state index contributed by atoms with van der Waals surface area (Å²) in [5.41, 5.74) is 0.297. The Morgan fingerprint density at radius 3 is 2.18 bits per heavy atom. The Bertz CT molecular complexity index is 150. The smallest absolute Gasteiger partial charge is 0.179 e. The lowest BCUT2D eigenvalue weighted by Gasteiger charge is -2.28. The molecule has 0 bridgehead atoms. The van der Waals surface area contributed by atoms with E-state index in [0.717, 1.165) is 6.54 Å². The molecule has 0 aromatic heterocycles. The molecule has 0 N–H and O–H groups in total. The molecule has 0 aliphatic rings. The standard InChI is InChI=1S/C9H18N2/c1-8(9(2,3)4)6-11(5)7-10/h8H,6H2,1-5H3. The van der Waals surface area contributed by atoms with Gasteiger partial charge in [0.15, 0.2) is 6.19 Å². The highest BCUT2D eigenvalue weighted by Gasteiger charge is 2.20. The van der Waals surface area contributed by atoms with Gasteiger partial charge in [-0.3, -0.25) is 0 Å². The van der Waals surface area contributed by atoms with Crippen molar-refractivity contribution in [2.24, 2.45) is 11.3 Å². The van der Waals surface area contributed by atoms with Gasteiger partial charge < -0.3 is 4.90 Å². The molecule has 2 heteroatoms. The van der Waals surface area contributed by atoms with Crippen molar-refractivity contribution in [2.45, 2.75) is 27.7 Å². The lowest BCUT2D eigenvalue weighted by molar-refractivity contribution is 0.216. The molecule has 0 aliphatic carbocycles. The highest BCUT2D eigenvalue weighted by molar-refractivity contribution is 4.77. The maximum Gasteiger partial charge on any atom is 0.179 e. The third kappa shape index (κ3) is 3.87. The monoisotopic (exact) mass is 154 g/mol. The Balaban J connectivity index is 3.90. The number of nitrogens with zero attached hydrogens (tertiary/aromatic N) is 2. The van der Waals surface area contributed by atoms with E-state index in [1.807, 2.05) is 7.05 Å². The van der Waals surface area contributed by atoms with Crippen molar-refractivity contribution < 1.29 is 0 Å². The molecule has 0 heterocycles. The van der Waals surface area contributed by atoms with Crippen LogP contribution in [-0.2, 0) is 0 Å². The fraction of sp³-hybridized carbons (Fsp3) is 0.889. The van der Waals surface area contributed by atoms with E-state index in [1.54, 1.807) is 4.90 Å². The lowest BCUT2D eigenvalue weighted by atomic mass is 9.82. The molecule has 0 saturated heterocycles. The molecule has 0 aromatic rings. The predicted molar refractivity (Wildman–Crippen MR) is 46.9 cm³/mol. The first kappa shape index (κ1) is 10.3. The third-order valence-electron chi connectivity index (χ3n) is 2.20. The third-order valence-corrected chi connectivity index (χ3v) is 2.20. The molecule has 0 aromatic carbocycles. The Morgan fingerprint density at radius 2 is 1.91 bits per heavy atom. The lowest BCUT2D eigenvalue weighted by Crippen LogP contribution is -2.28. The summed E-state index contributed by atoms with van der Waals surface area (Å²) in [5.74, 6) is 0.548. The maximum atomic E-state index is 8.53. The number of hydrogen-bond donors (Lipinski definition) is 0. The van der Waals surface area contributed by atoms with Gasteiger partial charge in [0.2, 0.25) is 0 Å². The fourth-order valence-electron chi connectivity index (χ4n) is 0.725. The van der Waals surface area contributed by atoms with E-state index in [9.17, 15) is 0 Å². The van der Waals surface area contributed by atoms with E-state index in [-0.39, 0.29) is 0 Å². The van der Waals surface area contributed by atoms with Crippen LogP contribution in [0.4, 0.5) is 0 Å². The van der Waals surface area contributed by atoms with Gasteiger partial charge in [0.25, 0.3) is 0 Å². The SMILES string of the molecule is CC(CN(C)C#N)C(C)(C)C. The van der Waals surface area contributed by atoms with Gasteiger partial charge in [-0.25, -0.2) is 0 Å². The molecule has 1 atom stereocenters. The molecule has 64 valence electrons. The van der Waals surface area contributed by atoms with Crippen molar-refractivity contribution in [2.75, 3.05) is 13.6 Å². The topological polar surface area (TPSA) is 27.0 Å². The zero-order valence-corrected chi connectivity index (χ0v) is 8.18. The van der Waals surface area contributed by atoms with Crippen molar-refractivity contribution in [3.05, 3.63) is 0 Å². The highest BCUT2D eigenvalue weighted by atomic mass is 15.1. The molecule has 0 saturated carbocycles. The summed E-state index contributed by atoms with van der Waals surface area (Å²) in [6.45, 7) is 9.61. The summed E-state index contributed by atoms with van der Waals surface area (Å²) >= 11 is 0. The van der Waals surface area contributed by atoms with Crippen LogP contribution in [0.5, 0.6) is 0 Å². The first-order chi connectivity index (χ1) is 4.88.